The Hall–Kier alpha value is -0.590. The molecule has 0 aromatic heterocycles. The van der Waals surface area contributed by atoms with E-state index in [2.05, 4.69) is 23.3 Å². The van der Waals surface area contributed by atoms with Crippen LogP contribution in [0.15, 0.2) is 0 Å². The molecule has 0 spiro atoms. The first-order chi connectivity index (χ1) is 5.72. The van der Waals surface area contributed by atoms with Crippen LogP contribution in [0.1, 0.15) is 13.3 Å². The average Bonchev–Trinajstić information content (AvgIpc) is 2.47. The van der Waals surface area contributed by atoms with Gasteiger partial charge in [-0.2, -0.15) is 5.26 Å². The molecule has 0 aromatic carbocycles. The number of likely N-dealkylation sites (tertiary alicyclic amines) is 1. The fourth-order valence-corrected chi connectivity index (χ4v) is 1.58. The lowest BCUT2D eigenvalue weighted by atomic mass is 10.1. The second kappa shape index (κ2) is 4.44. The number of nitriles is 1. The van der Waals surface area contributed by atoms with Crippen molar-refractivity contribution in [2.75, 3.05) is 26.7 Å². The van der Waals surface area contributed by atoms with Crippen molar-refractivity contribution in [1.29, 1.82) is 5.26 Å². The van der Waals surface area contributed by atoms with Gasteiger partial charge >= 0.3 is 0 Å². The predicted molar refractivity (Wildman–Crippen MR) is 48.7 cm³/mol. The maximum absolute atomic E-state index is 8.54. The van der Waals surface area contributed by atoms with Gasteiger partial charge in [0.15, 0.2) is 0 Å². The molecule has 1 saturated heterocycles. The fourth-order valence-electron chi connectivity index (χ4n) is 1.58. The Labute approximate surface area is 74.4 Å². The van der Waals surface area contributed by atoms with Crippen LogP contribution in [0.5, 0.6) is 0 Å². The zero-order valence-corrected chi connectivity index (χ0v) is 7.88. The molecule has 1 aliphatic heterocycles. The minimum Gasteiger partial charge on any atom is -0.306 e. The van der Waals surface area contributed by atoms with Crippen LogP contribution >= 0.6 is 0 Å². The van der Waals surface area contributed by atoms with E-state index < -0.39 is 0 Å². The second-order valence-electron chi connectivity index (χ2n) is 3.68. The van der Waals surface area contributed by atoms with Gasteiger partial charge in [-0.05, 0) is 32.9 Å². The Morgan fingerprint density at radius 3 is 3.00 bits per heavy atom. The Kier molecular flexibility index (Phi) is 3.51. The molecule has 68 valence electrons. The number of rotatable bonds is 3. The van der Waals surface area contributed by atoms with Crippen LogP contribution in [0, 0.1) is 17.2 Å². The molecule has 0 aromatic rings. The van der Waals surface area contributed by atoms with Crippen molar-refractivity contribution in [2.45, 2.75) is 19.4 Å². The third-order valence-corrected chi connectivity index (χ3v) is 2.40. The molecular formula is C9H17N3. The van der Waals surface area contributed by atoms with Crippen LogP contribution in [0.4, 0.5) is 0 Å². The van der Waals surface area contributed by atoms with Crippen LogP contribution in [0.2, 0.25) is 0 Å². The number of nitrogens with one attached hydrogen (secondary N) is 1. The van der Waals surface area contributed by atoms with Crippen molar-refractivity contribution in [2.24, 2.45) is 5.92 Å². The van der Waals surface area contributed by atoms with Crippen molar-refractivity contribution < 1.29 is 0 Å². The first-order valence-corrected chi connectivity index (χ1v) is 4.54. The second-order valence-corrected chi connectivity index (χ2v) is 3.68. The minimum absolute atomic E-state index is 0.00379. The molecule has 1 fully saturated rings. The van der Waals surface area contributed by atoms with Gasteiger partial charge < -0.3 is 10.2 Å². The highest BCUT2D eigenvalue weighted by Crippen LogP contribution is 2.12. The number of hydrogen-bond donors (Lipinski definition) is 1. The third-order valence-electron chi connectivity index (χ3n) is 2.40. The van der Waals surface area contributed by atoms with E-state index in [0.29, 0.717) is 0 Å². The van der Waals surface area contributed by atoms with Gasteiger partial charge in [0.1, 0.15) is 0 Å². The smallest absolute Gasteiger partial charge is 0.0924 e. The predicted octanol–water partition coefficient (Wildman–Crippen LogP) is 0.440. The molecule has 3 nitrogen and oxygen atoms in total. The van der Waals surface area contributed by atoms with Gasteiger partial charge in [0.25, 0.3) is 0 Å². The topological polar surface area (TPSA) is 39.1 Å². The van der Waals surface area contributed by atoms with Gasteiger partial charge in [-0.15, -0.1) is 0 Å². The summed E-state index contributed by atoms with van der Waals surface area (Å²) in [4.78, 5) is 2.34. The summed E-state index contributed by atoms with van der Waals surface area (Å²) in [5.74, 6) is 0.741. The van der Waals surface area contributed by atoms with E-state index in [1.165, 1.54) is 19.5 Å². The largest absolute Gasteiger partial charge is 0.306 e. The van der Waals surface area contributed by atoms with Crippen LogP contribution in [0.25, 0.3) is 0 Å². The molecular weight excluding hydrogens is 150 g/mol. The first-order valence-electron chi connectivity index (χ1n) is 4.54. The number of nitrogens with zero attached hydrogens (tertiary/aromatic N) is 2. The summed E-state index contributed by atoms with van der Waals surface area (Å²) in [6.45, 7) is 5.26. The molecule has 0 bridgehead atoms. The van der Waals surface area contributed by atoms with E-state index in [9.17, 15) is 0 Å². The van der Waals surface area contributed by atoms with Crippen molar-refractivity contribution in [1.82, 2.24) is 10.2 Å². The van der Waals surface area contributed by atoms with Crippen molar-refractivity contribution in [3.63, 3.8) is 0 Å². The zero-order chi connectivity index (χ0) is 8.97. The lowest BCUT2D eigenvalue weighted by molar-refractivity contribution is 0.386. The highest BCUT2D eigenvalue weighted by atomic mass is 15.1. The summed E-state index contributed by atoms with van der Waals surface area (Å²) >= 11 is 0. The highest BCUT2D eigenvalue weighted by molar-refractivity contribution is 4.86. The van der Waals surface area contributed by atoms with Crippen molar-refractivity contribution in [3.05, 3.63) is 0 Å². The molecule has 0 aliphatic carbocycles. The quantitative estimate of drug-likeness (QED) is 0.663. The lowest BCUT2D eigenvalue weighted by Crippen LogP contribution is -2.31. The van der Waals surface area contributed by atoms with Gasteiger partial charge in [-0.1, -0.05) is 0 Å². The zero-order valence-electron chi connectivity index (χ0n) is 7.88. The maximum atomic E-state index is 8.54. The number of hydrogen-bond acceptors (Lipinski definition) is 3. The summed E-state index contributed by atoms with van der Waals surface area (Å²) in [5.41, 5.74) is 0. The molecule has 1 rings (SSSR count). The Morgan fingerprint density at radius 1 is 1.75 bits per heavy atom. The lowest BCUT2D eigenvalue weighted by Gasteiger charge is -2.12. The first kappa shape index (κ1) is 9.50. The van der Waals surface area contributed by atoms with Crippen molar-refractivity contribution >= 4 is 0 Å². The molecule has 2 atom stereocenters. The van der Waals surface area contributed by atoms with Crippen LogP contribution in [-0.4, -0.2) is 37.6 Å². The van der Waals surface area contributed by atoms with Crippen molar-refractivity contribution in [3.8, 4) is 6.07 Å². The van der Waals surface area contributed by atoms with Gasteiger partial charge in [-0.25, -0.2) is 0 Å². The Morgan fingerprint density at radius 2 is 2.50 bits per heavy atom. The molecule has 0 saturated carbocycles. The van der Waals surface area contributed by atoms with E-state index in [-0.39, 0.29) is 6.04 Å². The summed E-state index contributed by atoms with van der Waals surface area (Å²) < 4.78 is 0. The average molecular weight is 167 g/mol. The Bertz CT molecular complexity index is 173. The van der Waals surface area contributed by atoms with Crippen LogP contribution in [-0.2, 0) is 0 Å². The fraction of sp³-hybridized carbons (Fsp3) is 0.889. The van der Waals surface area contributed by atoms with E-state index >= 15 is 0 Å². The highest BCUT2D eigenvalue weighted by Gasteiger charge is 2.19. The van der Waals surface area contributed by atoms with Crippen LogP contribution in [0.3, 0.4) is 0 Å². The van der Waals surface area contributed by atoms with Gasteiger partial charge in [0, 0.05) is 13.1 Å². The van der Waals surface area contributed by atoms with E-state index in [1.807, 2.05) is 6.92 Å². The van der Waals surface area contributed by atoms with Gasteiger partial charge in [-0.3, -0.25) is 0 Å². The third kappa shape index (κ3) is 2.80. The Balaban J connectivity index is 2.12. The summed E-state index contributed by atoms with van der Waals surface area (Å²) in [7, 11) is 2.15. The minimum atomic E-state index is -0.00379. The molecule has 0 radical (unpaired) electrons. The molecule has 2 unspecified atom stereocenters. The normalized spacial score (nSPS) is 26.9. The SMILES string of the molecule is CC(C#N)NCC1CCN(C)C1. The summed E-state index contributed by atoms with van der Waals surface area (Å²) in [6, 6.07) is 2.17. The molecule has 1 N–H and O–H groups in total. The molecule has 3 heteroatoms. The van der Waals surface area contributed by atoms with E-state index in [1.54, 1.807) is 0 Å². The van der Waals surface area contributed by atoms with Gasteiger partial charge in [0.05, 0.1) is 12.1 Å². The van der Waals surface area contributed by atoms with E-state index in [4.69, 9.17) is 5.26 Å². The molecule has 0 amide bonds. The summed E-state index contributed by atoms with van der Waals surface area (Å²) in [5, 5.41) is 11.7. The monoisotopic (exact) mass is 167 g/mol. The van der Waals surface area contributed by atoms with E-state index in [0.717, 1.165) is 12.5 Å². The molecule has 12 heavy (non-hydrogen) atoms. The maximum Gasteiger partial charge on any atom is 0.0924 e. The van der Waals surface area contributed by atoms with Crippen LogP contribution < -0.4 is 5.32 Å². The molecule has 1 aliphatic rings. The summed E-state index contributed by atoms with van der Waals surface area (Å²) in [6.07, 6.45) is 1.27. The standard InChI is InChI=1S/C9H17N3/c1-8(5-10)11-6-9-3-4-12(2)7-9/h8-9,11H,3-4,6-7H2,1-2H3. The van der Waals surface area contributed by atoms with Gasteiger partial charge in [0.2, 0.25) is 0 Å². The molecule has 1 heterocycles.